The lowest BCUT2D eigenvalue weighted by atomic mass is 10.1. The molecule has 1 aromatic carbocycles. The Morgan fingerprint density at radius 1 is 1.19 bits per heavy atom. The van der Waals surface area contributed by atoms with Crippen LogP contribution in [0.4, 0.5) is 20.7 Å². The van der Waals surface area contributed by atoms with Crippen LogP contribution in [0.2, 0.25) is 0 Å². The molecule has 162 valence electrons. The van der Waals surface area contributed by atoms with E-state index in [4.69, 9.17) is 4.74 Å². The van der Waals surface area contributed by atoms with Crippen molar-refractivity contribution in [2.75, 3.05) is 36.5 Å². The first-order valence-electron chi connectivity index (χ1n) is 10.1. The fourth-order valence-electron chi connectivity index (χ4n) is 3.69. The summed E-state index contributed by atoms with van der Waals surface area (Å²) in [4.78, 5) is 44.2. The number of hydrogen-bond acceptors (Lipinski definition) is 6. The van der Waals surface area contributed by atoms with Crippen LogP contribution in [0, 0.1) is 5.82 Å². The zero-order chi connectivity index (χ0) is 22.1. The van der Waals surface area contributed by atoms with Gasteiger partial charge in [-0.05, 0) is 30.3 Å². The number of carbonyl (C=O) groups is 3. The number of hydrogen-bond donors (Lipinski definition) is 0. The summed E-state index contributed by atoms with van der Waals surface area (Å²) in [5.41, 5.74) is 1.33. The molecule has 8 nitrogen and oxygen atoms in total. The van der Waals surface area contributed by atoms with E-state index in [2.05, 4.69) is 4.98 Å². The standard InChI is InChI=1S/C22H23FN4O4/c1-14(28)25(2)21-13-27(22(30)31-21)16-4-5-18(19(23)11-16)15-3-6-20(24-12-15)26-9-7-17(29)8-10-26/h3-6,11-12,21H,7-10,13H2,1-2H3/t21-/m0/s1. The summed E-state index contributed by atoms with van der Waals surface area (Å²) >= 11 is 0. The van der Waals surface area contributed by atoms with Gasteiger partial charge in [0.15, 0.2) is 6.23 Å². The summed E-state index contributed by atoms with van der Waals surface area (Å²) in [6, 6.07) is 8.12. The highest BCUT2D eigenvalue weighted by Gasteiger charge is 2.36. The lowest BCUT2D eigenvalue weighted by Gasteiger charge is -2.27. The van der Waals surface area contributed by atoms with Gasteiger partial charge in [-0.2, -0.15) is 0 Å². The van der Waals surface area contributed by atoms with Gasteiger partial charge in [-0.3, -0.25) is 14.5 Å². The number of aromatic nitrogens is 1. The summed E-state index contributed by atoms with van der Waals surface area (Å²) in [6.07, 6.45) is 1.29. The molecular weight excluding hydrogens is 403 g/mol. The van der Waals surface area contributed by atoms with Crippen molar-refractivity contribution in [2.24, 2.45) is 0 Å². The van der Waals surface area contributed by atoms with Crippen molar-refractivity contribution in [3.63, 3.8) is 0 Å². The molecule has 2 saturated heterocycles. The lowest BCUT2D eigenvalue weighted by Crippen LogP contribution is -2.38. The van der Waals surface area contributed by atoms with Gasteiger partial charge < -0.3 is 14.5 Å². The number of pyridine rings is 1. The Kier molecular flexibility index (Phi) is 5.58. The lowest BCUT2D eigenvalue weighted by molar-refractivity contribution is -0.134. The summed E-state index contributed by atoms with van der Waals surface area (Å²) in [6.45, 7) is 2.79. The topological polar surface area (TPSA) is 83.1 Å². The maximum absolute atomic E-state index is 14.9. The first kappa shape index (κ1) is 20.8. The van der Waals surface area contributed by atoms with Gasteiger partial charge in [-0.15, -0.1) is 0 Å². The first-order chi connectivity index (χ1) is 14.8. The molecule has 0 aliphatic carbocycles. The van der Waals surface area contributed by atoms with Crippen LogP contribution in [0.5, 0.6) is 0 Å². The normalized spacial score (nSPS) is 18.9. The third-order valence-electron chi connectivity index (χ3n) is 5.69. The number of benzene rings is 1. The van der Waals surface area contributed by atoms with Gasteiger partial charge in [0.1, 0.15) is 17.4 Å². The van der Waals surface area contributed by atoms with Gasteiger partial charge in [0, 0.05) is 57.2 Å². The van der Waals surface area contributed by atoms with Crippen molar-refractivity contribution >= 4 is 29.3 Å². The Hall–Kier alpha value is -3.49. The molecule has 2 aliphatic heterocycles. The number of ether oxygens (including phenoxy) is 1. The third-order valence-corrected chi connectivity index (χ3v) is 5.69. The minimum absolute atomic E-state index is 0.127. The molecule has 1 atom stereocenters. The molecule has 9 heteroatoms. The summed E-state index contributed by atoms with van der Waals surface area (Å²) in [5.74, 6) is 0.296. The number of halogens is 1. The van der Waals surface area contributed by atoms with E-state index in [9.17, 15) is 18.8 Å². The van der Waals surface area contributed by atoms with Crippen LogP contribution in [0.3, 0.4) is 0 Å². The molecule has 2 amide bonds. The van der Waals surface area contributed by atoms with E-state index in [0.29, 0.717) is 42.7 Å². The first-order valence-corrected chi connectivity index (χ1v) is 10.1. The van der Waals surface area contributed by atoms with E-state index in [0.717, 1.165) is 5.82 Å². The van der Waals surface area contributed by atoms with Gasteiger partial charge in [-0.1, -0.05) is 0 Å². The monoisotopic (exact) mass is 426 g/mol. The second-order valence-electron chi connectivity index (χ2n) is 7.67. The number of piperidine rings is 1. The van der Waals surface area contributed by atoms with Gasteiger partial charge in [0.2, 0.25) is 5.91 Å². The van der Waals surface area contributed by atoms with Gasteiger partial charge in [0.05, 0.1) is 12.2 Å². The van der Waals surface area contributed by atoms with E-state index in [1.54, 1.807) is 31.4 Å². The summed E-state index contributed by atoms with van der Waals surface area (Å²) in [5, 5.41) is 0. The van der Waals surface area contributed by atoms with Crippen molar-refractivity contribution in [2.45, 2.75) is 26.0 Å². The third kappa shape index (κ3) is 4.21. The average Bonchev–Trinajstić information content (AvgIpc) is 3.15. The molecule has 0 saturated carbocycles. The minimum Gasteiger partial charge on any atom is -0.423 e. The van der Waals surface area contributed by atoms with Crippen molar-refractivity contribution in [3.8, 4) is 11.1 Å². The molecule has 0 N–H and O–H groups in total. The fraction of sp³-hybridized carbons (Fsp3) is 0.364. The molecule has 0 bridgehead atoms. The van der Waals surface area contributed by atoms with Crippen molar-refractivity contribution in [1.82, 2.24) is 9.88 Å². The largest absolute Gasteiger partial charge is 0.423 e. The fourth-order valence-corrected chi connectivity index (χ4v) is 3.69. The van der Waals surface area contributed by atoms with Crippen LogP contribution >= 0.6 is 0 Å². The van der Waals surface area contributed by atoms with E-state index >= 15 is 0 Å². The summed E-state index contributed by atoms with van der Waals surface area (Å²) < 4.78 is 20.1. The quantitative estimate of drug-likeness (QED) is 0.748. The van der Waals surface area contributed by atoms with Crippen LogP contribution in [-0.2, 0) is 14.3 Å². The molecule has 0 spiro atoms. The second-order valence-corrected chi connectivity index (χ2v) is 7.67. The molecule has 1 aromatic heterocycles. The molecule has 0 unspecified atom stereocenters. The Morgan fingerprint density at radius 3 is 2.55 bits per heavy atom. The molecule has 4 rings (SSSR count). The zero-order valence-electron chi connectivity index (χ0n) is 17.4. The van der Waals surface area contributed by atoms with Crippen LogP contribution in [0.25, 0.3) is 11.1 Å². The molecule has 3 heterocycles. The van der Waals surface area contributed by atoms with E-state index < -0.39 is 18.1 Å². The van der Waals surface area contributed by atoms with Gasteiger partial charge in [0.25, 0.3) is 0 Å². The number of carbonyl (C=O) groups excluding carboxylic acids is 3. The summed E-state index contributed by atoms with van der Waals surface area (Å²) in [7, 11) is 1.55. The number of Topliss-reactive ketones (excluding diaryl/α,β-unsaturated/α-hetero) is 1. The highest BCUT2D eigenvalue weighted by molar-refractivity contribution is 5.90. The number of nitrogens with zero attached hydrogens (tertiary/aromatic N) is 4. The Morgan fingerprint density at radius 2 is 1.94 bits per heavy atom. The van der Waals surface area contributed by atoms with Crippen molar-refractivity contribution in [3.05, 3.63) is 42.3 Å². The average molecular weight is 426 g/mol. The molecular formula is C22H23FN4O4. The minimum atomic E-state index is -0.713. The van der Waals surface area contributed by atoms with E-state index in [-0.39, 0.29) is 18.2 Å². The molecule has 2 aromatic rings. The van der Waals surface area contributed by atoms with E-state index in [1.165, 1.54) is 22.8 Å². The zero-order valence-corrected chi connectivity index (χ0v) is 17.4. The van der Waals surface area contributed by atoms with Crippen molar-refractivity contribution < 1.29 is 23.5 Å². The molecule has 0 radical (unpaired) electrons. The van der Waals surface area contributed by atoms with Crippen LogP contribution in [0.15, 0.2) is 36.5 Å². The van der Waals surface area contributed by atoms with Gasteiger partial charge >= 0.3 is 6.09 Å². The van der Waals surface area contributed by atoms with Crippen LogP contribution in [-0.4, -0.2) is 60.6 Å². The highest BCUT2D eigenvalue weighted by atomic mass is 19.1. The number of anilines is 2. The van der Waals surface area contributed by atoms with Gasteiger partial charge in [-0.25, -0.2) is 14.2 Å². The van der Waals surface area contributed by atoms with Crippen LogP contribution < -0.4 is 9.80 Å². The number of rotatable bonds is 4. The maximum atomic E-state index is 14.9. The SMILES string of the molecule is CC(=O)N(C)[C@@H]1CN(c2ccc(-c3ccc(N4CCC(=O)CC4)nc3)c(F)c2)C(=O)O1. The number of cyclic esters (lactones) is 1. The highest BCUT2D eigenvalue weighted by Crippen LogP contribution is 2.30. The van der Waals surface area contributed by atoms with Crippen LogP contribution in [0.1, 0.15) is 19.8 Å². The Labute approximate surface area is 179 Å². The van der Waals surface area contributed by atoms with E-state index in [1.807, 2.05) is 11.0 Å². The van der Waals surface area contributed by atoms with Crippen molar-refractivity contribution in [1.29, 1.82) is 0 Å². The smallest absolute Gasteiger partial charge is 0.416 e. The number of amides is 2. The molecule has 2 aliphatic rings. The Bertz CT molecular complexity index is 1020. The second kappa shape index (κ2) is 8.33. The number of likely N-dealkylation sites (N-methyl/N-ethyl adjacent to an activating group) is 1. The molecule has 2 fully saturated rings. The predicted octanol–water partition coefficient (Wildman–Crippen LogP) is 2.82. The maximum Gasteiger partial charge on any atom is 0.416 e. The predicted molar refractivity (Wildman–Crippen MR) is 112 cm³/mol. The molecule has 31 heavy (non-hydrogen) atoms. The number of ketones is 1. The Balaban J connectivity index is 1.49.